The minimum Gasteiger partial charge on any atom is -0.349 e. The van der Waals surface area contributed by atoms with Gasteiger partial charge in [-0.1, -0.05) is 50.2 Å². The highest BCUT2D eigenvalue weighted by atomic mass is 32.2. The SMILES string of the molecule is CCCCS(=O)NC(=O)[C@H]1CCCC[C@@H]1NC(=O)c1ccc(C#Cc2cccc(CF)c2)cc1. The molecule has 0 radical (unpaired) electrons. The molecule has 0 spiro atoms. The van der Waals surface area contributed by atoms with Crippen LogP contribution in [0.4, 0.5) is 4.39 Å². The normalized spacial score (nSPS) is 18.3. The average Bonchev–Trinajstić information content (AvgIpc) is 2.87. The van der Waals surface area contributed by atoms with Gasteiger partial charge in [0, 0.05) is 28.5 Å². The maximum absolute atomic E-state index is 12.8. The van der Waals surface area contributed by atoms with Gasteiger partial charge in [0.05, 0.1) is 5.92 Å². The summed E-state index contributed by atoms with van der Waals surface area (Å²) in [5.41, 5.74) is 2.54. The number of halogens is 1. The predicted molar refractivity (Wildman–Crippen MR) is 133 cm³/mol. The lowest BCUT2D eigenvalue weighted by Gasteiger charge is -2.31. The fraction of sp³-hybridized carbons (Fsp3) is 0.407. The zero-order chi connectivity index (χ0) is 24.3. The number of hydrogen-bond donors (Lipinski definition) is 2. The number of benzene rings is 2. The smallest absolute Gasteiger partial charge is 0.251 e. The van der Waals surface area contributed by atoms with Crippen molar-refractivity contribution in [2.24, 2.45) is 5.92 Å². The quantitative estimate of drug-likeness (QED) is 0.547. The van der Waals surface area contributed by atoms with E-state index in [0.717, 1.165) is 36.8 Å². The van der Waals surface area contributed by atoms with Crippen LogP contribution >= 0.6 is 0 Å². The van der Waals surface area contributed by atoms with Crippen molar-refractivity contribution in [3.05, 3.63) is 70.8 Å². The van der Waals surface area contributed by atoms with Gasteiger partial charge in [-0.25, -0.2) is 8.60 Å². The van der Waals surface area contributed by atoms with E-state index >= 15 is 0 Å². The van der Waals surface area contributed by atoms with E-state index in [1.807, 2.05) is 13.0 Å². The summed E-state index contributed by atoms with van der Waals surface area (Å²) in [5.74, 6) is 5.61. The Morgan fingerprint density at radius 3 is 2.53 bits per heavy atom. The van der Waals surface area contributed by atoms with E-state index in [9.17, 15) is 18.2 Å². The molecular weight excluding hydrogens is 451 g/mol. The van der Waals surface area contributed by atoms with Crippen molar-refractivity contribution in [2.75, 3.05) is 5.75 Å². The first-order valence-corrected chi connectivity index (χ1v) is 13.1. The van der Waals surface area contributed by atoms with Crippen molar-refractivity contribution in [1.82, 2.24) is 10.0 Å². The molecule has 3 atom stereocenters. The molecule has 1 saturated carbocycles. The molecule has 5 nitrogen and oxygen atoms in total. The van der Waals surface area contributed by atoms with Gasteiger partial charge in [-0.2, -0.15) is 0 Å². The first kappa shape index (κ1) is 25.6. The molecule has 0 aliphatic heterocycles. The number of amides is 2. The number of rotatable bonds is 8. The Hall–Kier alpha value is -2.98. The minimum absolute atomic E-state index is 0.244. The van der Waals surface area contributed by atoms with E-state index < -0.39 is 17.7 Å². The number of carbonyl (C=O) groups is 2. The van der Waals surface area contributed by atoms with Gasteiger partial charge in [0.1, 0.15) is 17.7 Å². The number of hydrogen-bond acceptors (Lipinski definition) is 3. The summed E-state index contributed by atoms with van der Waals surface area (Å²) in [4.78, 5) is 25.5. The fourth-order valence-corrected chi connectivity index (χ4v) is 4.99. The molecule has 0 bridgehead atoms. The molecule has 34 heavy (non-hydrogen) atoms. The zero-order valence-electron chi connectivity index (χ0n) is 19.4. The Morgan fingerprint density at radius 1 is 1.06 bits per heavy atom. The molecule has 0 saturated heterocycles. The van der Waals surface area contributed by atoms with E-state index in [1.54, 1.807) is 42.5 Å². The van der Waals surface area contributed by atoms with Crippen LogP contribution < -0.4 is 10.0 Å². The van der Waals surface area contributed by atoms with Crippen molar-refractivity contribution in [1.29, 1.82) is 0 Å². The highest BCUT2D eigenvalue weighted by molar-refractivity contribution is 7.83. The van der Waals surface area contributed by atoms with Crippen LogP contribution in [0.25, 0.3) is 0 Å². The van der Waals surface area contributed by atoms with Crippen molar-refractivity contribution in [3.8, 4) is 11.8 Å². The Labute approximate surface area is 203 Å². The molecule has 2 aromatic rings. The first-order chi connectivity index (χ1) is 16.5. The summed E-state index contributed by atoms with van der Waals surface area (Å²) in [5, 5.41) is 3.00. The monoisotopic (exact) mass is 482 g/mol. The van der Waals surface area contributed by atoms with Crippen LogP contribution in [0.3, 0.4) is 0 Å². The van der Waals surface area contributed by atoms with Crippen LogP contribution in [-0.2, 0) is 22.5 Å². The highest BCUT2D eigenvalue weighted by Gasteiger charge is 2.32. The van der Waals surface area contributed by atoms with Gasteiger partial charge in [0.25, 0.3) is 5.91 Å². The van der Waals surface area contributed by atoms with Crippen molar-refractivity contribution in [3.63, 3.8) is 0 Å². The fourth-order valence-electron chi connectivity index (χ4n) is 3.96. The largest absolute Gasteiger partial charge is 0.349 e. The summed E-state index contributed by atoms with van der Waals surface area (Å²) in [6.07, 6.45) is 4.94. The topological polar surface area (TPSA) is 75.3 Å². The van der Waals surface area contributed by atoms with Gasteiger partial charge in [0.15, 0.2) is 0 Å². The molecule has 1 aliphatic rings. The van der Waals surface area contributed by atoms with Crippen LogP contribution in [0.1, 0.15) is 72.5 Å². The second-order valence-electron chi connectivity index (χ2n) is 8.50. The van der Waals surface area contributed by atoms with Crippen LogP contribution in [0.5, 0.6) is 0 Å². The van der Waals surface area contributed by atoms with Crippen LogP contribution in [0.15, 0.2) is 48.5 Å². The minimum atomic E-state index is -1.38. The van der Waals surface area contributed by atoms with E-state index in [2.05, 4.69) is 21.9 Å². The second kappa shape index (κ2) is 13.0. The molecule has 3 rings (SSSR count). The summed E-state index contributed by atoms with van der Waals surface area (Å²) in [6, 6.07) is 13.7. The maximum Gasteiger partial charge on any atom is 0.251 e. The molecule has 2 aromatic carbocycles. The number of carbonyl (C=O) groups excluding carboxylic acids is 2. The van der Waals surface area contributed by atoms with Gasteiger partial charge in [-0.15, -0.1) is 0 Å². The summed E-state index contributed by atoms with van der Waals surface area (Å²) in [7, 11) is -1.38. The molecule has 180 valence electrons. The third kappa shape index (κ3) is 7.53. The third-order valence-corrected chi connectivity index (χ3v) is 6.98. The van der Waals surface area contributed by atoms with Gasteiger partial charge < -0.3 is 5.32 Å². The Bertz CT molecular complexity index is 1080. The van der Waals surface area contributed by atoms with E-state index in [4.69, 9.17) is 0 Å². The lowest BCUT2D eigenvalue weighted by Crippen LogP contribution is -2.48. The number of nitrogens with one attached hydrogen (secondary N) is 2. The molecule has 2 amide bonds. The highest BCUT2D eigenvalue weighted by Crippen LogP contribution is 2.25. The van der Waals surface area contributed by atoms with E-state index in [1.165, 1.54) is 0 Å². The summed E-state index contributed by atoms with van der Waals surface area (Å²) in [6.45, 7) is 1.48. The summed E-state index contributed by atoms with van der Waals surface area (Å²) >= 11 is 0. The average molecular weight is 483 g/mol. The second-order valence-corrected chi connectivity index (χ2v) is 9.81. The van der Waals surface area contributed by atoms with Crippen molar-refractivity contribution in [2.45, 2.75) is 58.2 Å². The Kier molecular flexibility index (Phi) is 9.84. The lowest BCUT2D eigenvalue weighted by atomic mass is 9.84. The van der Waals surface area contributed by atoms with E-state index in [-0.39, 0.29) is 23.8 Å². The number of alkyl halides is 1. The van der Waals surface area contributed by atoms with Gasteiger partial charge in [0.2, 0.25) is 5.91 Å². The molecule has 1 aliphatic carbocycles. The lowest BCUT2D eigenvalue weighted by molar-refractivity contribution is -0.124. The third-order valence-electron chi connectivity index (χ3n) is 5.90. The molecule has 0 heterocycles. The van der Waals surface area contributed by atoms with Crippen molar-refractivity contribution < 1.29 is 18.2 Å². The first-order valence-electron chi connectivity index (χ1n) is 11.8. The van der Waals surface area contributed by atoms with Gasteiger partial charge >= 0.3 is 0 Å². The van der Waals surface area contributed by atoms with Gasteiger partial charge in [-0.3, -0.25) is 14.3 Å². The van der Waals surface area contributed by atoms with Crippen LogP contribution in [-0.4, -0.2) is 27.8 Å². The Morgan fingerprint density at radius 2 is 1.79 bits per heavy atom. The van der Waals surface area contributed by atoms with Crippen LogP contribution in [0, 0.1) is 17.8 Å². The molecule has 2 N–H and O–H groups in total. The molecule has 0 aromatic heterocycles. The molecule has 7 heteroatoms. The predicted octanol–water partition coefficient (Wildman–Crippen LogP) is 4.42. The molecule has 1 fully saturated rings. The van der Waals surface area contributed by atoms with Crippen molar-refractivity contribution >= 4 is 22.8 Å². The molecular formula is C27H31FN2O3S. The van der Waals surface area contributed by atoms with Crippen LogP contribution in [0.2, 0.25) is 0 Å². The van der Waals surface area contributed by atoms with Gasteiger partial charge in [-0.05, 0) is 61.2 Å². The summed E-state index contributed by atoms with van der Waals surface area (Å²) < 4.78 is 27.5. The number of unbranched alkanes of at least 4 members (excludes halogenated alkanes) is 1. The Balaban J connectivity index is 1.61. The maximum atomic E-state index is 12.8. The van der Waals surface area contributed by atoms with E-state index in [0.29, 0.717) is 29.7 Å². The molecule has 1 unspecified atom stereocenters. The standard InChI is InChI=1S/C27H31FN2O3S/c1-2-3-17-34(33)30-27(32)24-9-4-5-10-25(24)29-26(31)23-15-13-20(14-16-23)11-12-21-7-6-8-22(18-21)19-28/h6-8,13-16,18,24-25H,2-5,9-10,17,19H2,1H3,(H,29,31)(H,30,32)/t24-,25-,34?/m0/s1. The zero-order valence-corrected chi connectivity index (χ0v) is 20.3.